The van der Waals surface area contributed by atoms with E-state index in [4.69, 9.17) is 5.73 Å². The van der Waals surface area contributed by atoms with E-state index < -0.39 is 0 Å². The number of amides is 1. The zero-order valence-corrected chi connectivity index (χ0v) is 10.6. The van der Waals surface area contributed by atoms with Crippen LogP contribution in [0.4, 0.5) is 5.69 Å². The van der Waals surface area contributed by atoms with E-state index in [0.717, 1.165) is 5.56 Å². The molecule has 5 nitrogen and oxygen atoms in total. The van der Waals surface area contributed by atoms with Crippen LogP contribution in [0.25, 0.3) is 0 Å². The second-order valence-corrected chi connectivity index (χ2v) is 4.25. The van der Waals surface area contributed by atoms with Crippen molar-refractivity contribution in [3.05, 3.63) is 64.1 Å². The Morgan fingerprint density at radius 2 is 2.05 bits per heavy atom. The van der Waals surface area contributed by atoms with E-state index >= 15 is 0 Å². The highest BCUT2D eigenvalue weighted by Crippen LogP contribution is 2.09. The zero-order chi connectivity index (χ0) is 13.8. The third kappa shape index (κ3) is 3.01. The van der Waals surface area contributed by atoms with Gasteiger partial charge >= 0.3 is 0 Å². The lowest BCUT2D eigenvalue weighted by Crippen LogP contribution is -2.26. The van der Waals surface area contributed by atoms with E-state index in [1.54, 1.807) is 25.4 Å². The Bertz CT molecular complexity index is 662. The quantitative estimate of drug-likeness (QED) is 0.802. The number of carbonyl (C=O) groups excluding carboxylic acids is 1. The standard InChI is InChI=1S/C14H15N3O2/c1-17-7-6-10(8-13(17)18)14(19)16-9-11-4-2-3-5-12(11)15/h2-8H,9,15H2,1H3,(H,16,19). The number of hydrogen-bond acceptors (Lipinski definition) is 3. The van der Waals surface area contributed by atoms with Gasteiger partial charge in [0.15, 0.2) is 0 Å². The van der Waals surface area contributed by atoms with Gasteiger partial charge in [0.2, 0.25) is 0 Å². The van der Waals surface area contributed by atoms with Gasteiger partial charge in [0.1, 0.15) is 0 Å². The maximum Gasteiger partial charge on any atom is 0.251 e. The molecule has 0 bridgehead atoms. The molecule has 2 aromatic rings. The highest BCUT2D eigenvalue weighted by molar-refractivity contribution is 5.94. The monoisotopic (exact) mass is 257 g/mol. The van der Waals surface area contributed by atoms with Crippen molar-refractivity contribution in [1.29, 1.82) is 0 Å². The van der Waals surface area contributed by atoms with Crippen molar-refractivity contribution >= 4 is 11.6 Å². The van der Waals surface area contributed by atoms with Gasteiger partial charge in [-0.15, -0.1) is 0 Å². The van der Waals surface area contributed by atoms with Crippen molar-refractivity contribution in [2.45, 2.75) is 6.54 Å². The first kappa shape index (κ1) is 12.9. The fourth-order valence-corrected chi connectivity index (χ4v) is 1.66. The SMILES string of the molecule is Cn1ccc(C(=O)NCc2ccccc2N)cc1=O. The summed E-state index contributed by atoms with van der Waals surface area (Å²) in [4.78, 5) is 23.3. The molecule has 1 aromatic carbocycles. The Hall–Kier alpha value is -2.56. The van der Waals surface area contributed by atoms with E-state index in [-0.39, 0.29) is 11.5 Å². The summed E-state index contributed by atoms with van der Waals surface area (Å²) in [6.07, 6.45) is 1.56. The van der Waals surface area contributed by atoms with Crippen molar-refractivity contribution in [2.24, 2.45) is 7.05 Å². The number of hydrogen-bond donors (Lipinski definition) is 2. The second-order valence-electron chi connectivity index (χ2n) is 4.25. The van der Waals surface area contributed by atoms with Gasteiger partial charge in [0.05, 0.1) is 0 Å². The Kier molecular flexibility index (Phi) is 3.66. The first-order valence-corrected chi connectivity index (χ1v) is 5.86. The summed E-state index contributed by atoms with van der Waals surface area (Å²) in [5.74, 6) is -0.291. The minimum Gasteiger partial charge on any atom is -0.398 e. The molecule has 0 aliphatic rings. The van der Waals surface area contributed by atoms with Crippen LogP contribution in [0.2, 0.25) is 0 Å². The minimum atomic E-state index is -0.291. The van der Waals surface area contributed by atoms with Crippen LogP contribution in [0, 0.1) is 0 Å². The summed E-state index contributed by atoms with van der Waals surface area (Å²) in [5, 5.41) is 2.74. The maximum atomic E-state index is 11.9. The molecule has 0 aliphatic heterocycles. The summed E-state index contributed by atoms with van der Waals surface area (Å²) in [5.41, 5.74) is 7.39. The Morgan fingerprint density at radius 3 is 2.74 bits per heavy atom. The first-order valence-electron chi connectivity index (χ1n) is 5.86. The maximum absolute atomic E-state index is 11.9. The fourth-order valence-electron chi connectivity index (χ4n) is 1.66. The van der Waals surface area contributed by atoms with Crippen molar-refractivity contribution in [2.75, 3.05) is 5.73 Å². The van der Waals surface area contributed by atoms with Gasteiger partial charge in [-0.2, -0.15) is 0 Å². The molecule has 1 aromatic heterocycles. The lowest BCUT2D eigenvalue weighted by Gasteiger charge is -2.07. The molecule has 0 saturated heterocycles. The third-order valence-corrected chi connectivity index (χ3v) is 2.86. The average molecular weight is 257 g/mol. The number of rotatable bonds is 3. The molecule has 0 radical (unpaired) electrons. The lowest BCUT2D eigenvalue weighted by atomic mass is 10.1. The van der Waals surface area contributed by atoms with Gasteiger partial charge in [-0.25, -0.2) is 0 Å². The topological polar surface area (TPSA) is 77.1 Å². The van der Waals surface area contributed by atoms with E-state index in [0.29, 0.717) is 17.8 Å². The van der Waals surface area contributed by atoms with Crippen molar-refractivity contribution in [3.8, 4) is 0 Å². The molecule has 0 saturated carbocycles. The van der Waals surface area contributed by atoms with E-state index in [1.807, 2.05) is 18.2 Å². The van der Waals surface area contributed by atoms with Gasteiger partial charge in [-0.3, -0.25) is 9.59 Å². The number of nitrogens with two attached hydrogens (primary N) is 1. The lowest BCUT2D eigenvalue weighted by molar-refractivity contribution is 0.0950. The van der Waals surface area contributed by atoms with Crippen molar-refractivity contribution in [1.82, 2.24) is 9.88 Å². The summed E-state index contributed by atoms with van der Waals surface area (Å²) in [7, 11) is 1.63. The minimum absolute atomic E-state index is 0.216. The predicted octanol–water partition coefficient (Wildman–Crippen LogP) is 0.898. The number of para-hydroxylation sites is 1. The molecule has 98 valence electrons. The van der Waals surface area contributed by atoms with Crippen molar-refractivity contribution in [3.63, 3.8) is 0 Å². The molecule has 0 fully saturated rings. The van der Waals surface area contributed by atoms with Crippen LogP contribution >= 0.6 is 0 Å². The summed E-state index contributed by atoms with van der Waals surface area (Å²) in [6, 6.07) is 10.2. The number of nitrogens with zero attached hydrogens (tertiary/aromatic N) is 1. The number of nitrogen functional groups attached to an aromatic ring is 1. The molecule has 0 atom stereocenters. The van der Waals surface area contributed by atoms with Crippen LogP contribution in [0.1, 0.15) is 15.9 Å². The van der Waals surface area contributed by atoms with E-state index in [1.165, 1.54) is 10.6 Å². The predicted molar refractivity (Wildman–Crippen MR) is 73.7 cm³/mol. The molecular weight excluding hydrogens is 242 g/mol. The third-order valence-electron chi connectivity index (χ3n) is 2.86. The van der Waals surface area contributed by atoms with Gasteiger partial charge < -0.3 is 15.6 Å². The zero-order valence-electron chi connectivity index (χ0n) is 10.6. The smallest absolute Gasteiger partial charge is 0.251 e. The Labute approximate surface area is 110 Å². The number of aryl methyl sites for hydroxylation is 1. The van der Waals surface area contributed by atoms with Crippen LogP contribution < -0.4 is 16.6 Å². The largest absolute Gasteiger partial charge is 0.398 e. The molecule has 5 heteroatoms. The summed E-state index contributed by atoms with van der Waals surface area (Å²) < 4.78 is 1.41. The van der Waals surface area contributed by atoms with Crippen LogP contribution in [-0.4, -0.2) is 10.5 Å². The molecule has 1 heterocycles. The Balaban J connectivity index is 2.08. The van der Waals surface area contributed by atoms with Crippen LogP contribution in [0.15, 0.2) is 47.4 Å². The van der Waals surface area contributed by atoms with Gasteiger partial charge in [0, 0.05) is 37.1 Å². The average Bonchev–Trinajstić information content (AvgIpc) is 2.40. The number of benzene rings is 1. The van der Waals surface area contributed by atoms with Crippen LogP contribution in [0.5, 0.6) is 0 Å². The number of carbonyl (C=O) groups is 1. The molecule has 0 aliphatic carbocycles. The normalized spacial score (nSPS) is 10.2. The molecule has 0 spiro atoms. The van der Waals surface area contributed by atoms with Gasteiger partial charge in [-0.1, -0.05) is 18.2 Å². The summed E-state index contributed by atoms with van der Waals surface area (Å²) >= 11 is 0. The van der Waals surface area contributed by atoms with Crippen molar-refractivity contribution < 1.29 is 4.79 Å². The highest BCUT2D eigenvalue weighted by atomic mass is 16.2. The molecule has 1 amide bonds. The van der Waals surface area contributed by atoms with E-state index in [2.05, 4.69) is 5.32 Å². The molecular formula is C14H15N3O2. The molecule has 2 rings (SSSR count). The second kappa shape index (κ2) is 5.39. The number of aromatic nitrogens is 1. The number of nitrogens with one attached hydrogen (secondary N) is 1. The highest BCUT2D eigenvalue weighted by Gasteiger charge is 2.07. The Morgan fingerprint density at radius 1 is 1.32 bits per heavy atom. The van der Waals surface area contributed by atoms with Crippen LogP contribution in [0.3, 0.4) is 0 Å². The summed E-state index contributed by atoms with van der Waals surface area (Å²) in [6.45, 7) is 0.334. The van der Waals surface area contributed by atoms with Gasteiger partial charge in [-0.05, 0) is 17.7 Å². The molecule has 0 unspecified atom stereocenters. The molecule has 3 N–H and O–H groups in total. The van der Waals surface area contributed by atoms with E-state index in [9.17, 15) is 9.59 Å². The first-order chi connectivity index (χ1) is 9.08. The number of pyridine rings is 1. The fraction of sp³-hybridized carbons (Fsp3) is 0.143. The van der Waals surface area contributed by atoms with Gasteiger partial charge in [0.25, 0.3) is 11.5 Å². The van der Waals surface area contributed by atoms with Crippen LogP contribution in [-0.2, 0) is 13.6 Å². The number of anilines is 1. The molecule has 19 heavy (non-hydrogen) atoms.